The molecule has 0 bridgehead atoms. The second kappa shape index (κ2) is 9.32. The number of nitrogens with two attached hydrogens (primary N) is 1. The lowest BCUT2D eigenvalue weighted by molar-refractivity contribution is -0.132. The molecule has 0 spiro atoms. The van der Waals surface area contributed by atoms with Crippen molar-refractivity contribution in [3.63, 3.8) is 0 Å². The number of likely N-dealkylation sites (tertiary alicyclic amines) is 1. The van der Waals surface area contributed by atoms with Gasteiger partial charge in [-0.1, -0.05) is 36.0 Å². The highest BCUT2D eigenvalue weighted by Gasteiger charge is 2.27. The second-order valence-corrected chi connectivity index (χ2v) is 9.67. The quantitative estimate of drug-likeness (QED) is 0.418. The van der Waals surface area contributed by atoms with Crippen molar-refractivity contribution in [3.05, 3.63) is 47.8 Å². The molecule has 2 N–H and O–H groups in total. The Morgan fingerprint density at radius 3 is 2.91 bits per heavy atom. The minimum atomic E-state index is -0.354. The number of carbonyl (C=O) groups is 2. The van der Waals surface area contributed by atoms with Gasteiger partial charge in [0.1, 0.15) is 0 Å². The fourth-order valence-corrected chi connectivity index (χ4v) is 5.28. The number of benzene rings is 1. The van der Waals surface area contributed by atoms with Crippen LogP contribution in [-0.4, -0.2) is 50.7 Å². The van der Waals surface area contributed by atoms with E-state index in [1.807, 2.05) is 47.8 Å². The van der Waals surface area contributed by atoms with Crippen molar-refractivity contribution in [1.29, 1.82) is 0 Å². The van der Waals surface area contributed by atoms with Crippen LogP contribution in [0.25, 0.3) is 32.9 Å². The van der Waals surface area contributed by atoms with Gasteiger partial charge in [-0.25, -0.2) is 4.98 Å². The zero-order valence-corrected chi connectivity index (χ0v) is 19.3. The van der Waals surface area contributed by atoms with E-state index in [9.17, 15) is 9.59 Å². The molecule has 0 aliphatic carbocycles. The van der Waals surface area contributed by atoms with Crippen LogP contribution in [-0.2, 0) is 9.59 Å². The number of piperidine rings is 1. The number of primary amides is 1. The molecule has 8 nitrogen and oxygen atoms in total. The van der Waals surface area contributed by atoms with Crippen molar-refractivity contribution >= 4 is 45.8 Å². The first kappa shape index (κ1) is 21.6. The molecule has 1 aliphatic heterocycles. The molecule has 0 unspecified atom stereocenters. The average molecular weight is 480 g/mol. The Labute approximate surface area is 198 Å². The van der Waals surface area contributed by atoms with Crippen LogP contribution in [0.15, 0.2) is 57.5 Å². The van der Waals surface area contributed by atoms with E-state index in [4.69, 9.17) is 15.1 Å². The number of thioether (sulfide) groups is 1. The summed E-state index contributed by atoms with van der Waals surface area (Å²) in [6, 6.07) is 13.8. The highest BCUT2D eigenvalue weighted by molar-refractivity contribution is 7.99. The SMILES string of the molecule is NC(=O)[C@H]1CCCN(C(=O)CSc2nnc(-c3cc(-c4cccs4)nc4ccccc34)o2)C1. The lowest BCUT2D eigenvalue weighted by Crippen LogP contribution is -2.44. The summed E-state index contributed by atoms with van der Waals surface area (Å²) in [5.74, 6) is -0.161. The monoisotopic (exact) mass is 479 g/mol. The molecule has 4 heterocycles. The maximum Gasteiger partial charge on any atom is 0.277 e. The Morgan fingerprint density at radius 1 is 1.21 bits per heavy atom. The summed E-state index contributed by atoms with van der Waals surface area (Å²) in [5.41, 5.74) is 7.90. The van der Waals surface area contributed by atoms with Gasteiger partial charge in [0.05, 0.1) is 33.3 Å². The third-order valence-corrected chi connectivity index (χ3v) is 7.32. The summed E-state index contributed by atoms with van der Waals surface area (Å²) >= 11 is 2.81. The third kappa shape index (κ3) is 4.62. The number of rotatable bonds is 6. The maximum atomic E-state index is 12.6. The molecule has 33 heavy (non-hydrogen) atoms. The summed E-state index contributed by atoms with van der Waals surface area (Å²) in [4.78, 5) is 31.6. The van der Waals surface area contributed by atoms with E-state index in [1.165, 1.54) is 11.8 Å². The number of aromatic nitrogens is 3. The van der Waals surface area contributed by atoms with Crippen LogP contribution < -0.4 is 5.73 Å². The molecule has 168 valence electrons. The van der Waals surface area contributed by atoms with Crippen LogP contribution in [0.4, 0.5) is 0 Å². The summed E-state index contributed by atoms with van der Waals surface area (Å²) < 4.78 is 5.92. The summed E-state index contributed by atoms with van der Waals surface area (Å²) in [6.45, 7) is 1.01. The van der Waals surface area contributed by atoms with E-state index < -0.39 is 0 Å². The van der Waals surface area contributed by atoms with E-state index >= 15 is 0 Å². The smallest absolute Gasteiger partial charge is 0.277 e. The largest absolute Gasteiger partial charge is 0.411 e. The Bertz CT molecular complexity index is 1300. The van der Waals surface area contributed by atoms with Crippen LogP contribution in [0, 0.1) is 5.92 Å². The number of amides is 2. The van der Waals surface area contributed by atoms with E-state index in [-0.39, 0.29) is 23.5 Å². The minimum absolute atomic E-state index is 0.0694. The number of nitrogens with zero attached hydrogens (tertiary/aromatic N) is 4. The fourth-order valence-electron chi connectivity index (χ4n) is 3.93. The highest BCUT2D eigenvalue weighted by Crippen LogP contribution is 2.34. The number of hydrogen-bond donors (Lipinski definition) is 1. The molecular formula is C23H21N5O3S2. The molecular weight excluding hydrogens is 458 g/mol. The molecule has 4 aromatic rings. The summed E-state index contributed by atoms with van der Waals surface area (Å²) in [6.07, 6.45) is 1.50. The Hall–Kier alpha value is -3.24. The number of pyridine rings is 1. The van der Waals surface area contributed by atoms with Crippen molar-refractivity contribution in [2.24, 2.45) is 11.7 Å². The molecule has 2 amide bonds. The van der Waals surface area contributed by atoms with Gasteiger partial charge in [0.2, 0.25) is 17.7 Å². The first-order chi connectivity index (χ1) is 16.1. The zero-order valence-electron chi connectivity index (χ0n) is 17.6. The summed E-state index contributed by atoms with van der Waals surface area (Å²) in [7, 11) is 0. The first-order valence-electron chi connectivity index (χ1n) is 10.6. The highest BCUT2D eigenvalue weighted by atomic mass is 32.2. The van der Waals surface area contributed by atoms with Gasteiger partial charge in [-0.2, -0.15) is 0 Å². The van der Waals surface area contributed by atoms with Crippen LogP contribution in [0.2, 0.25) is 0 Å². The molecule has 1 saturated heterocycles. The van der Waals surface area contributed by atoms with Gasteiger partial charge >= 0.3 is 0 Å². The van der Waals surface area contributed by atoms with Crippen LogP contribution in [0.5, 0.6) is 0 Å². The minimum Gasteiger partial charge on any atom is -0.411 e. The molecule has 1 atom stereocenters. The van der Waals surface area contributed by atoms with Crippen molar-refractivity contribution in [1.82, 2.24) is 20.1 Å². The van der Waals surface area contributed by atoms with Gasteiger partial charge in [-0.3, -0.25) is 9.59 Å². The average Bonchev–Trinajstić information content (AvgIpc) is 3.54. The second-order valence-electron chi connectivity index (χ2n) is 7.79. The van der Waals surface area contributed by atoms with Gasteiger partial charge in [0.25, 0.3) is 5.22 Å². The lowest BCUT2D eigenvalue weighted by atomic mass is 9.97. The van der Waals surface area contributed by atoms with Crippen LogP contribution in [0.3, 0.4) is 0 Å². The lowest BCUT2D eigenvalue weighted by Gasteiger charge is -2.31. The molecule has 3 aromatic heterocycles. The van der Waals surface area contributed by atoms with E-state index in [0.717, 1.165) is 39.9 Å². The van der Waals surface area contributed by atoms with E-state index in [0.29, 0.717) is 24.2 Å². The summed E-state index contributed by atoms with van der Waals surface area (Å²) in [5, 5.41) is 11.6. The normalized spacial score (nSPS) is 16.2. The number of para-hydroxylation sites is 1. The number of thiophene rings is 1. The topological polar surface area (TPSA) is 115 Å². The zero-order chi connectivity index (χ0) is 22.8. The van der Waals surface area contributed by atoms with Gasteiger partial charge in [-0.05, 0) is 36.4 Å². The van der Waals surface area contributed by atoms with Gasteiger partial charge in [0, 0.05) is 18.5 Å². The van der Waals surface area contributed by atoms with Gasteiger partial charge in [0.15, 0.2) is 0 Å². The standard InChI is InChI=1S/C23H21N5O3S2/c24-21(30)14-5-3-9-28(12-14)20(29)13-33-23-27-26-22(31-23)16-11-18(19-8-4-10-32-19)25-17-7-2-1-6-15(16)17/h1-2,4,6-8,10-11,14H,3,5,9,12-13H2,(H2,24,30)/t14-/m0/s1. The predicted molar refractivity (Wildman–Crippen MR) is 128 cm³/mol. The Kier molecular flexibility index (Phi) is 6.10. The molecule has 5 rings (SSSR count). The van der Waals surface area contributed by atoms with Crippen molar-refractivity contribution in [2.75, 3.05) is 18.8 Å². The molecule has 1 fully saturated rings. The number of fused-ring (bicyclic) bond motifs is 1. The molecule has 0 saturated carbocycles. The Morgan fingerprint density at radius 2 is 2.09 bits per heavy atom. The molecule has 0 radical (unpaired) electrons. The van der Waals surface area contributed by atoms with Crippen LogP contribution >= 0.6 is 23.1 Å². The van der Waals surface area contributed by atoms with Crippen LogP contribution in [0.1, 0.15) is 12.8 Å². The van der Waals surface area contributed by atoms with Crippen molar-refractivity contribution in [3.8, 4) is 22.0 Å². The van der Waals surface area contributed by atoms with E-state index in [2.05, 4.69) is 10.2 Å². The van der Waals surface area contributed by atoms with Gasteiger partial charge in [-0.15, -0.1) is 21.5 Å². The number of carbonyl (C=O) groups excluding carboxylic acids is 2. The predicted octanol–water partition coefficient (Wildman–Crippen LogP) is 3.83. The Balaban J connectivity index is 1.35. The third-order valence-electron chi connectivity index (χ3n) is 5.62. The fraction of sp³-hybridized carbons (Fsp3) is 0.261. The maximum absolute atomic E-state index is 12.6. The van der Waals surface area contributed by atoms with E-state index in [1.54, 1.807) is 16.2 Å². The molecule has 1 aromatic carbocycles. The van der Waals surface area contributed by atoms with Gasteiger partial charge < -0.3 is 15.1 Å². The number of hydrogen-bond acceptors (Lipinski definition) is 8. The van der Waals surface area contributed by atoms with Crippen molar-refractivity contribution < 1.29 is 14.0 Å². The van der Waals surface area contributed by atoms with Crippen molar-refractivity contribution in [2.45, 2.75) is 18.1 Å². The molecule has 1 aliphatic rings. The first-order valence-corrected chi connectivity index (χ1v) is 12.4. The molecule has 10 heteroatoms.